The number of ether oxygens (including phenoxy) is 1. The molecule has 0 aromatic heterocycles. The van der Waals surface area contributed by atoms with Gasteiger partial charge in [0.15, 0.2) is 0 Å². The summed E-state index contributed by atoms with van der Waals surface area (Å²) >= 11 is 0. The molecule has 9 heteroatoms. The highest BCUT2D eigenvalue weighted by Crippen LogP contribution is 2.42. The predicted molar refractivity (Wildman–Crippen MR) is 103 cm³/mol. The molecule has 2 aliphatic rings. The Balaban J connectivity index is 1.71. The van der Waals surface area contributed by atoms with Crippen molar-refractivity contribution >= 4 is 12.1 Å². The number of carboxylic acids is 1. The highest BCUT2D eigenvalue weighted by atomic mass is 19.1. The number of benzene rings is 1. The molecule has 0 spiro atoms. The second kappa shape index (κ2) is 8.09. The summed E-state index contributed by atoms with van der Waals surface area (Å²) in [5.41, 5.74) is -3.43. The van der Waals surface area contributed by atoms with Gasteiger partial charge < -0.3 is 14.7 Å². The quantitative estimate of drug-likeness (QED) is 0.797. The van der Waals surface area contributed by atoms with Gasteiger partial charge in [-0.15, -0.1) is 0 Å². The summed E-state index contributed by atoms with van der Waals surface area (Å²) in [6, 6.07) is 2.61. The molecule has 0 aliphatic carbocycles. The average Bonchev–Trinajstić information content (AvgIpc) is 2.99. The second-order valence-electron chi connectivity index (χ2n) is 9.01. The minimum atomic E-state index is -2.68. The lowest BCUT2D eigenvalue weighted by atomic mass is 9.86. The van der Waals surface area contributed by atoms with Crippen molar-refractivity contribution < 1.29 is 32.6 Å². The number of alkyl halides is 1. The van der Waals surface area contributed by atoms with E-state index >= 15 is 4.39 Å². The molecule has 0 saturated carbocycles. The Morgan fingerprint density at radius 2 is 1.83 bits per heavy atom. The normalized spacial score (nSPS) is 26.1. The summed E-state index contributed by atoms with van der Waals surface area (Å²) in [4.78, 5) is 27.2. The number of rotatable bonds is 3. The van der Waals surface area contributed by atoms with Crippen LogP contribution in [0.5, 0.6) is 0 Å². The highest BCUT2D eigenvalue weighted by Gasteiger charge is 2.56. The molecule has 6 nitrogen and oxygen atoms in total. The van der Waals surface area contributed by atoms with Gasteiger partial charge in [0.25, 0.3) is 0 Å². The summed E-state index contributed by atoms with van der Waals surface area (Å²) in [5, 5.41) is 9.52. The minimum absolute atomic E-state index is 0.00244. The number of carbonyl (C=O) groups is 2. The molecule has 0 unspecified atom stereocenters. The third-order valence-electron chi connectivity index (χ3n) is 5.73. The van der Waals surface area contributed by atoms with Crippen LogP contribution in [-0.4, -0.2) is 70.5 Å². The average molecular weight is 428 g/mol. The molecule has 1 amide bonds. The Morgan fingerprint density at radius 3 is 2.37 bits per heavy atom. The molecule has 2 atom stereocenters. The number of amides is 1. The van der Waals surface area contributed by atoms with E-state index in [0.717, 1.165) is 12.1 Å². The molecule has 2 aliphatic heterocycles. The fourth-order valence-corrected chi connectivity index (χ4v) is 4.21. The first-order chi connectivity index (χ1) is 13.9. The van der Waals surface area contributed by atoms with Gasteiger partial charge in [0.1, 0.15) is 17.2 Å². The topological polar surface area (TPSA) is 70.1 Å². The van der Waals surface area contributed by atoms with Crippen molar-refractivity contribution in [1.82, 2.24) is 9.80 Å². The molecule has 2 saturated heterocycles. The zero-order valence-corrected chi connectivity index (χ0v) is 17.3. The van der Waals surface area contributed by atoms with Crippen LogP contribution in [0.15, 0.2) is 18.2 Å². The predicted octanol–water partition coefficient (Wildman–Crippen LogP) is 3.56. The number of halogens is 3. The standard InChI is InChI=1S/C21H27F3N2O4/c1-20(2,3)30-19(29)25-8-6-14(7-9-25)26-11-16(21(24,12-26)18(27)28)15-5-4-13(22)10-17(15)23/h4-5,10,14,16H,6-9,11-12H2,1-3H3,(H,27,28)/t16-,21-/m0/s1. The molecule has 1 N–H and O–H groups in total. The van der Waals surface area contributed by atoms with Crippen molar-refractivity contribution in [3.63, 3.8) is 0 Å². The van der Waals surface area contributed by atoms with Gasteiger partial charge in [-0.1, -0.05) is 6.07 Å². The maximum atomic E-state index is 15.5. The third-order valence-corrected chi connectivity index (χ3v) is 5.73. The van der Waals surface area contributed by atoms with Gasteiger partial charge in [-0.3, -0.25) is 4.90 Å². The van der Waals surface area contributed by atoms with E-state index < -0.39 is 40.9 Å². The van der Waals surface area contributed by atoms with Crippen LogP contribution < -0.4 is 0 Å². The van der Waals surface area contributed by atoms with Crippen molar-refractivity contribution in [2.24, 2.45) is 0 Å². The van der Waals surface area contributed by atoms with Crippen LogP contribution in [0.4, 0.5) is 18.0 Å². The fraction of sp³-hybridized carbons (Fsp3) is 0.619. The summed E-state index contributed by atoms with van der Waals surface area (Å²) in [7, 11) is 0. The van der Waals surface area contributed by atoms with Gasteiger partial charge in [-0.2, -0.15) is 0 Å². The van der Waals surface area contributed by atoms with Gasteiger partial charge >= 0.3 is 12.1 Å². The van der Waals surface area contributed by atoms with Gasteiger partial charge in [0, 0.05) is 44.2 Å². The van der Waals surface area contributed by atoms with Crippen LogP contribution in [0, 0.1) is 11.6 Å². The summed E-state index contributed by atoms with van der Waals surface area (Å²) in [5.74, 6) is -4.67. The first kappa shape index (κ1) is 22.4. The lowest BCUT2D eigenvalue weighted by Crippen LogP contribution is -2.48. The molecule has 2 fully saturated rings. The van der Waals surface area contributed by atoms with Crippen molar-refractivity contribution in [2.75, 3.05) is 26.2 Å². The molecule has 2 heterocycles. The van der Waals surface area contributed by atoms with Crippen LogP contribution in [0.1, 0.15) is 45.1 Å². The number of nitrogens with zero attached hydrogens (tertiary/aromatic N) is 2. The number of hydrogen-bond acceptors (Lipinski definition) is 4. The molecule has 0 radical (unpaired) electrons. The summed E-state index contributed by atoms with van der Waals surface area (Å²) in [6.07, 6.45) is 0.625. The molecular formula is C21H27F3N2O4. The lowest BCUT2D eigenvalue weighted by molar-refractivity contribution is -0.151. The van der Waals surface area contributed by atoms with Gasteiger partial charge in [0.2, 0.25) is 5.67 Å². The van der Waals surface area contributed by atoms with Crippen LogP contribution in [0.3, 0.4) is 0 Å². The van der Waals surface area contributed by atoms with E-state index in [0.29, 0.717) is 32.0 Å². The molecule has 3 rings (SSSR count). The largest absolute Gasteiger partial charge is 0.479 e. The Labute approximate surface area is 173 Å². The SMILES string of the molecule is CC(C)(C)OC(=O)N1CCC(N2C[C@@H](c3ccc(F)cc3F)[C@](F)(C(=O)O)C2)CC1. The van der Waals surface area contributed by atoms with Crippen molar-refractivity contribution in [1.29, 1.82) is 0 Å². The molecule has 1 aromatic rings. The van der Waals surface area contributed by atoms with Gasteiger partial charge in [-0.05, 0) is 45.2 Å². The van der Waals surface area contributed by atoms with E-state index in [4.69, 9.17) is 4.74 Å². The van der Waals surface area contributed by atoms with Crippen LogP contribution in [-0.2, 0) is 9.53 Å². The van der Waals surface area contributed by atoms with E-state index in [9.17, 15) is 23.5 Å². The fourth-order valence-electron chi connectivity index (χ4n) is 4.21. The van der Waals surface area contributed by atoms with Crippen LogP contribution in [0.2, 0.25) is 0 Å². The number of aliphatic carboxylic acids is 1. The van der Waals surface area contributed by atoms with Crippen molar-refractivity contribution in [2.45, 2.75) is 56.8 Å². The minimum Gasteiger partial charge on any atom is -0.479 e. The molecule has 0 bridgehead atoms. The summed E-state index contributed by atoms with van der Waals surface area (Å²) < 4.78 is 48.4. The maximum Gasteiger partial charge on any atom is 0.410 e. The molecule has 30 heavy (non-hydrogen) atoms. The molecular weight excluding hydrogens is 401 g/mol. The third kappa shape index (κ3) is 4.55. The van der Waals surface area contributed by atoms with E-state index in [1.807, 2.05) is 0 Å². The highest BCUT2D eigenvalue weighted by molar-refractivity contribution is 5.80. The monoisotopic (exact) mass is 428 g/mol. The second-order valence-corrected chi connectivity index (χ2v) is 9.01. The number of carboxylic acid groups (broad SMARTS) is 1. The Morgan fingerprint density at radius 1 is 1.20 bits per heavy atom. The van der Waals surface area contributed by atoms with Crippen LogP contribution in [0.25, 0.3) is 0 Å². The maximum absolute atomic E-state index is 15.5. The van der Waals surface area contributed by atoms with Gasteiger partial charge in [-0.25, -0.2) is 22.8 Å². The van der Waals surface area contributed by atoms with Crippen molar-refractivity contribution in [3.05, 3.63) is 35.4 Å². The zero-order valence-electron chi connectivity index (χ0n) is 17.3. The lowest BCUT2D eigenvalue weighted by Gasteiger charge is -2.37. The number of piperidine rings is 1. The van der Waals surface area contributed by atoms with Crippen LogP contribution >= 0.6 is 0 Å². The summed E-state index contributed by atoms with van der Waals surface area (Å²) in [6.45, 7) is 5.76. The van der Waals surface area contributed by atoms with E-state index in [1.165, 1.54) is 0 Å². The number of likely N-dealkylation sites (tertiary alicyclic amines) is 2. The first-order valence-electron chi connectivity index (χ1n) is 10.00. The Hall–Kier alpha value is -2.29. The smallest absolute Gasteiger partial charge is 0.410 e. The van der Waals surface area contributed by atoms with E-state index in [2.05, 4.69) is 0 Å². The molecule has 1 aromatic carbocycles. The Kier molecular flexibility index (Phi) is 6.04. The van der Waals surface area contributed by atoms with E-state index in [-0.39, 0.29) is 24.7 Å². The number of hydrogen-bond donors (Lipinski definition) is 1. The zero-order chi connectivity index (χ0) is 22.3. The number of carbonyl (C=O) groups excluding carboxylic acids is 1. The first-order valence-corrected chi connectivity index (χ1v) is 10.00. The van der Waals surface area contributed by atoms with Crippen molar-refractivity contribution in [3.8, 4) is 0 Å². The van der Waals surface area contributed by atoms with Gasteiger partial charge in [0.05, 0.1) is 0 Å². The van der Waals surface area contributed by atoms with E-state index in [1.54, 1.807) is 30.6 Å². The molecule has 166 valence electrons. The Bertz CT molecular complexity index is 821.